The van der Waals surface area contributed by atoms with Gasteiger partial charge in [0.1, 0.15) is 0 Å². The smallest absolute Gasteiger partial charge is 0.235 e. The molecule has 0 amide bonds. The summed E-state index contributed by atoms with van der Waals surface area (Å²) in [6.07, 6.45) is 2.02. The van der Waals surface area contributed by atoms with E-state index in [1.165, 1.54) is 10.8 Å². The summed E-state index contributed by atoms with van der Waals surface area (Å²) in [6, 6.07) is 59.9. The van der Waals surface area contributed by atoms with Gasteiger partial charge in [0.15, 0.2) is 0 Å². The Morgan fingerprint density at radius 1 is 0.365 bits per heavy atom. The first-order valence-corrected chi connectivity index (χ1v) is 17.5. The highest BCUT2D eigenvalue weighted by Crippen LogP contribution is 2.40. The number of pyridine rings is 1. The summed E-state index contributed by atoms with van der Waals surface area (Å²) < 4.78 is 4.54. The van der Waals surface area contributed by atoms with Gasteiger partial charge in [-0.3, -0.25) is 9.55 Å². The number of hydrogen-bond donors (Lipinski definition) is 0. The van der Waals surface area contributed by atoms with Crippen molar-refractivity contribution in [2.24, 2.45) is 0 Å². The largest absolute Gasteiger partial charge is 0.308 e. The summed E-state index contributed by atoms with van der Waals surface area (Å²) >= 11 is 0. The molecule has 0 unspecified atom stereocenters. The molecule has 0 saturated carbocycles. The van der Waals surface area contributed by atoms with E-state index in [9.17, 15) is 0 Å². The number of nitrogens with zero attached hydrogens (tertiary/aromatic N) is 5. The maximum Gasteiger partial charge on any atom is 0.235 e. The quantitative estimate of drug-likeness (QED) is 0.188. The second kappa shape index (κ2) is 11.2. The van der Waals surface area contributed by atoms with Crippen molar-refractivity contribution in [1.82, 2.24) is 24.1 Å². The number of aromatic nitrogens is 5. The lowest BCUT2D eigenvalue weighted by Gasteiger charge is -2.12. The summed E-state index contributed by atoms with van der Waals surface area (Å²) in [4.78, 5) is 15.3. The van der Waals surface area contributed by atoms with Crippen molar-refractivity contribution in [3.8, 4) is 34.0 Å². The van der Waals surface area contributed by atoms with Gasteiger partial charge in [-0.05, 0) is 65.7 Å². The molecule has 242 valence electrons. The normalized spacial score (nSPS) is 11.8. The van der Waals surface area contributed by atoms with Crippen LogP contribution >= 0.6 is 0 Å². The number of para-hydroxylation sites is 4. The number of hydrogen-bond acceptors (Lipinski definition) is 3. The third-order valence-electron chi connectivity index (χ3n) is 10.4. The standard InChI is InChI=1S/C47H29N5/c1-3-13-30(14-4-1)46-36-19-8-11-21-40(36)49-47(50-46)52-41-22-12-9-17-34(41)37-27-31(23-25-42(37)52)32-24-26-43-38(28-32)45-35-18-7-10-20-39(35)48-29-44(45)51(43)33-15-5-2-6-16-33/h1-29H. The van der Waals surface area contributed by atoms with Crippen molar-refractivity contribution < 1.29 is 0 Å². The third kappa shape index (κ3) is 4.26. The van der Waals surface area contributed by atoms with Crippen LogP contribution in [0.2, 0.25) is 0 Å². The second-order valence-corrected chi connectivity index (χ2v) is 13.3. The molecule has 52 heavy (non-hydrogen) atoms. The fourth-order valence-electron chi connectivity index (χ4n) is 8.03. The first-order chi connectivity index (χ1) is 25.8. The molecule has 5 heteroatoms. The van der Waals surface area contributed by atoms with E-state index in [4.69, 9.17) is 15.0 Å². The molecule has 0 aliphatic heterocycles. The monoisotopic (exact) mass is 663 g/mol. The molecule has 7 aromatic carbocycles. The summed E-state index contributed by atoms with van der Waals surface area (Å²) in [5.41, 5.74) is 11.7. The van der Waals surface area contributed by atoms with Gasteiger partial charge in [-0.2, -0.15) is 0 Å². The van der Waals surface area contributed by atoms with Crippen molar-refractivity contribution in [2.45, 2.75) is 0 Å². The molecule has 5 nitrogen and oxygen atoms in total. The minimum Gasteiger partial charge on any atom is -0.308 e. The first kappa shape index (κ1) is 28.7. The Morgan fingerprint density at radius 3 is 1.75 bits per heavy atom. The predicted molar refractivity (Wildman–Crippen MR) is 214 cm³/mol. The molecular formula is C47H29N5. The van der Waals surface area contributed by atoms with Crippen LogP contribution in [0, 0.1) is 0 Å². The average molecular weight is 664 g/mol. The molecule has 4 heterocycles. The van der Waals surface area contributed by atoms with E-state index < -0.39 is 0 Å². The SMILES string of the molecule is c1ccc(-c2nc(-n3c4ccccc4c4cc(-c5ccc6c(c5)c5c7ccccc7ncc5n6-c5ccccc5)ccc43)nc3ccccc23)cc1. The summed E-state index contributed by atoms with van der Waals surface area (Å²) in [6.45, 7) is 0. The van der Waals surface area contributed by atoms with Gasteiger partial charge in [-0.25, -0.2) is 9.97 Å². The van der Waals surface area contributed by atoms with Crippen molar-refractivity contribution in [3.05, 3.63) is 176 Å². The van der Waals surface area contributed by atoms with Crippen LogP contribution in [0.3, 0.4) is 0 Å². The highest BCUT2D eigenvalue weighted by molar-refractivity contribution is 6.21. The van der Waals surface area contributed by atoms with Crippen molar-refractivity contribution in [3.63, 3.8) is 0 Å². The van der Waals surface area contributed by atoms with Crippen molar-refractivity contribution in [1.29, 1.82) is 0 Å². The van der Waals surface area contributed by atoms with Gasteiger partial charge in [-0.1, -0.05) is 115 Å². The topological polar surface area (TPSA) is 48.5 Å². The number of benzene rings is 7. The van der Waals surface area contributed by atoms with Crippen LogP contribution in [-0.4, -0.2) is 24.1 Å². The maximum absolute atomic E-state index is 5.25. The molecule has 0 fully saturated rings. The Bertz CT molecular complexity index is 3180. The minimum atomic E-state index is 0.659. The van der Waals surface area contributed by atoms with Crippen LogP contribution in [0.5, 0.6) is 0 Å². The van der Waals surface area contributed by atoms with Gasteiger partial charge in [0, 0.05) is 43.6 Å². The van der Waals surface area contributed by atoms with Gasteiger partial charge in [0.05, 0.1) is 45.0 Å². The van der Waals surface area contributed by atoms with Gasteiger partial charge >= 0.3 is 0 Å². The van der Waals surface area contributed by atoms with E-state index in [0.29, 0.717) is 5.95 Å². The zero-order chi connectivity index (χ0) is 34.2. The second-order valence-electron chi connectivity index (χ2n) is 13.3. The molecule has 0 aliphatic rings. The van der Waals surface area contributed by atoms with Crippen molar-refractivity contribution >= 4 is 65.4 Å². The van der Waals surface area contributed by atoms with Crippen LogP contribution in [0.25, 0.3) is 99.4 Å². The van der Waals surface area contributed by atoms with E-state index in [1.807, 2.05) is 18.3 Å². The Balaban J connectivity index is 1.14. The molecular weight excluding hydrogens is 635 g/mol. The molecule has 0 bridgehead atoms. The van der Waals surface area contributed by atoms with E-state index >= 15 is 0 Å². The van der Waals surface area contributed by atoms with E-state index in [-0.39, 0.29) is 0 Å². The number of rotatable bonds is 4. The minimum absolute atomic E-state index is 0.659. The Morgan fingerprint density at radius 2 is 0.962 bits per heavy atom. The van der Waals surface area contributed by atoms with Crippen LogP contribution < -0.4 is 0 Å². The van der Waals surface area contributed by atoms with E-state index in [1.54, 1.807) is 0 Å². The zero-order valence-corrected chi connectivity index (χ0v) is 28.0. The highest BCUT2D eigenvalue weighted by Gasteiger charge is 2.19. The molecule has 0 atom stereocenters. The van der Waals surface area contributed by atoms with Crippen LogP contribution in [-0.2, 0) is 0 Å². The fraction of sp³-hybridized carbons (Fsp3) is 0. The molecule has 4 aromatic heterocycles. The van der Waals surface area contributed by atoms with Gasteiger partial charge in [0.25, 0.3) is 0 Å². The Labute approximate surface area is 298 Å². The molecule has 0 radical (unpaired) electrons. The summed E-state index contributed by atoms with van der Waals surface area (Å²) in [5, 5.41) is 6.93. The Kier molecular flexibility index (Phi) is 6.18. The van der Waals surface area contributed by atoms with Crippen LogP contribution in [0.1, 0.15) is 0 Å². The van der Waals surface area contributed by atoms with E-state index in [2.05, 4.69) is 167 Å². The maximum atomic E-state index is 5.25. The predicted octanol–water partition coefficient (Wildman–Crippen LogP) is 11.7. The van der Waals surface area contributed by atoms with E-state index in [0.717, 1.165) is 82.7 Å². The molecule has 0 N–H and O–H groups in total. The fourth-order valence-corrected chi connectivity index (χ4v) is 8.03. The molecule has 0 aliphatic carbocycles. The van der Waals surface area contributed by atoms with Gasteiger partial charge in [0.2, 0.25) is 5.95 Å². The summed E-state index contributed by atoms with van der Waals surface area (Å²) in [5.74, 6) is 0.659. The molecule has 0 spiro atoms. The average Bonchev–Trinajstić information content (AvgIpc) is 3.73. The third-order valence-corrected chi connectivity index (χ3v) is 10.4. The lowest BCUT2D eigenvalue weighted by Crippen LogP contribution is -2.03. The highest BCUT2D eigenvalue weighted by atomic mass is 15.2. The van der Waals surface area contributed by atoms with Crippen LogP contribution in [0.15, 0.2) is 176 Å². The zero-order valence-electron chi connectivity index (χ0n) is 28.0. The van der Waals surface area contributed by atoms with Crippen molar-refractivity contribution in [2.75, 3.05) is 0 Å². The van der Waals surface area contributed by atoms with Gasteiger partial charge < -0.3 is 4.57 Å². The van der Waals surface area contributed by atoms with Gasteiger partial charge in [-0.15, -0.1) is 0 Å². The lowest BCUT2D eigenvalue weighted by atomic mass is 10.00. The first-order valence-electron chi connectivity index (χ1n) is 17.5. The molecule has 11 rings (SSSR count). The number of fused-ring (bicyclic) bond motifs is 9. The Hall–Kier alpha value is -7.11. The summed E-state index contributed by atoms with van der Waals surface area (Å²) in [7, 11) is 0. The van der Waals surface area contributed by atoms with Crippen LogP contribution in [0.4, 0.5) is 0 Å². The molecule has 0 saturated heterocycles. The lowest BCUT2D eigenvalue weighted by molar-refractivity contribution is 1.01. The molecule has 11 aromatic rings.